The van der Waals surface area contributed by atoms with Crippen molar-refractivity contribution in [2.45, 2.75) is 26.2 Å². The number of fused-ring (bicyclic) bond motifs is 1. The first-order chi connectivity index (χ1) is 18.2. The molecule has 1 N–H and O–H groups in total. The number of amides is 1. The zero-order chi connectivity index (χ0) is 27.2. The van der Waals surface area contributed by atoms with Crippen molar-refractivity contribution in [2.24, 2.45) is 5.10 Å². The minimum atomic E-state index is -0.279. The third-order valence-corrected chi connectivity index (χ3v) is 7.80. The van der Waals surface area contributed by atoms with Gasteiger partial charge in [-0.2, -0.15) is 9.78 Å². The molecule has 0 spiro atoms. The zero-order valence-corrected chi connectivity index (χ0v) is 26.8. The fourth-order valence-electron chi connectivity index (χ4n) is 3.59. The van der Waals surface area contributed by atoms with Crippen LogP contribution in [0.3, 0.4) is 0 Å². The summed E-state index contributed by atoms with van der Waals surface area (Å²) in [6, 6.07) is 16.1. The van der Waals surface area contributed by atoms with Gasteiger partial charge in [-0.3, -0.25) is 9.59 Å². The summed E-state index contributed by atoms with van der Waals surface area (Å²) >= 11 is 13.6. The molecule has 0 saturated carbocycles. The molecule has 0 aliphatic rings. The second-order valence-corrected chi connectivity index (χ2v) is 12.0. The number of carbonyl (C=O) groups is 1. The molecule has 0 unspecified atom stereocenters. The Morgan fingerprint density at radius 2 is 1.87 bits per heavy atom. The molecule has 4 aromatic rings. The number of nitrogens with zero attached hydrogens (tertiary/aromatic N) is 3. The van der Waals surface area contributed by atoms with E-state index in [1.54, 1.807) is 36.5 Å². The summed E-state index contributed by atoms with van der Waals surface area (Å²) in [4.78, 5) is 30.3. The van der Waals surface area contributed by atoms with Gasteiger partial charge >= 0.3 is 0 Å². The summed E-state index contributed by atoms with van der Waals surface area (Å²) < 4.78 is 9.64. The van der Waals surface area contributed by atoms with Crippen molar-refractivity contribution >= 4 is 101 Å². The second-order valence-electron chi connectivity index (χ2n) is 8.31. The van der Waals surface area contributed by atoms with E-state index in [2.05, 4.69) is 78.5 Å². The molecule has 0 aliphatic carbocycles. The van der Waals surface area contributed by atoms with E-state index in [4.69, 9.17) is 21.3 Å². The Hall–Kier alpha value is -2.03. The standard InChI is InChI=1S/C27H22BrClI2N4O3/c1-2-3-4-24-34-23-10-5-17(28)13-20(23)27(37)35(24)32-14-16-11-21(30)26(22(31)12-16)38-15-25(36)33-19-8-6-18(29)7-9-19/h5-14H,2-4,15H2,1H3,(H,33,36). The van der Waals surface area contributed by atoms with Crippen LogP contribution in [0.4, 0.5) is 5.69 Å². The number of unbranched alkanes of at least 4 members (excludes halogenated alkanes) is 1. The van der Waals surface area contributed by atoms with Gasteiger partial charge in [0.2, 0.25) is 0 Å². The molecule has 0 atom stereocenters. The molecule has 0 bridgehead atoms. The van der Waals surface area contributed by atoms with E-state index < -0.39 is 0 Å². The monoisotopic (exact) mass is 818 g/mol. The summed E-state index contributed by atoms with van der Waals surface area (Å²) in [7, 11) is 0. The predicted molar refractivity (Wildman–Crippen MR) is 173 cm³/mol. The molecule has 38 heavy (non-hydrogen) atoms. The lowest BCUT2D eigenvalue weighted by molar-refractivity contribution is -0.118. The number of anilines is 1. The van der Waals surface area contributed by atoms with Gasteiger partial charge in [0.25, 0.3) is 11.5 Å². The number of carbonyl (C=O) groups excluding carboxylic acids is 1. The molecule has 0 fully saturated rings. The second kappa shape index (κ2) is 13.4. The van der Waals surface area contributed by atoms with Crippen LogP contribution in [0.15, 0.2) is 69.0 Å². The SMILES string of the molecule is CCCCc1nc2ccc(Br)cc2c(=O)n1N=Cc1cc(I)c(OCC(=O)Nc2ccc(Cl)cc2)c(I)c1. The molecule has 196 valence electrons. The highest BCUT2D eigenvalue weighted by Crippen LogP contribution is 2.29. The quantitative estimate of drug-likeness (QED) is 0.142. The normalized spacial score (nSPS) is 11.3. The van der Waals surface area contributed by atoms with E-state index in [1.165, 1.54) is 4.68 Å². The van der Waals surface area contributed by atoms with Crippen molar-refractivity contribution in [3.63, 3.8) is 0 Å². The van der Waals surface area contributed by atoms with Gasteiger partial charge in [0.1, 0.15) is 11.6 Å². The Labute approximate surface area is 260 Å². The molecule has 0 saturated heterocycles. The van der Waals surface area contributed by atoms with E-state index in [1.807, 2.05) is 24.3 Å². The predicted octanol–water partition coefficient (Wildman–Crippen LogP) is 7.26. The van der Waals surface area contributed by atoms with Crippen molar-refractivity contribution < 1.29 is 9.53 Å². The lowest BCUT2D eigenvalue weighted by Gasteiger charge is -2.12. The van der Waals surface area contributed by atoms with Crippen LogP contribution in [0.2, 0.25) is 5.02 Å². The van der Waals surface area contributed by atoms with Crippen LogP contribution >= 0.6 is 72.7 Å². The van der Waals surface area contributed by atoms with Crippen molar-refractivity contribution in [3.8, 4) is 5.75 Å². The number of rotatable bonds is 9. The molecule has 4 rings (SSSR count). The lowest BCUT2D eigenvalue weighted by Crippen LogP contribution is -2.22. The van der Waals surface area contributed by atoms with Crippen LogP contribution in [0.1, 0.15) is 31.2 Å². The molecule has 0 aliphatic heterocycles. The number of aryl methyl sites for hydroxylation is 1. The lowest BCUT2D eigenvalue weighted by atomic mass is 10.2. The summed E-state index contributed by atoms with van der Waals surface area (Å²) in [5.74, 6) is 0.950. The maximum absolute atomic E-state index is 13.3. The smallest absolute Gasteiger partial charge is 0.282 e. The zero-order valence-electron chi connectivity index (χ0n) is 20.2. The van der Waals surface area contributed by atoms with Crippen LogP contribution in [0.25, 0.3) is 10.9 Å². The molecule has 3 aromatic carbocycles. The minimum absolute atomic E-state index is 0.142. The van der Waals surface area contributed by atoms with Gasteiger partial charge in [0, 0.05) is 21.6 Å². The van der Waals surface area contributed by atoms with Gasteiger partial charge in [0.15, 0.2) is 6.61 Å². The van der Waals surface area contributed by atoms with Crippen LogP contribution < -0.4 is 15.6 Å². The highest BCUT2D eigenvalue weighted by atomic mass is 127. The fraction of sp³-hybridized carbons (Fsp3) is 0.185. The van der Waals surface area contributed by atoms with E-state index >= 15 is 0 Å². The number of benzene rings is 3. The van der Waals surface area contributed by atoms with Crippen molar-refractivity contribution in [2.75, 3.05) is 11.9 Å². The molecule has 7 nitrogen and oxygen atoms in total. The Morgan fingerprint density at radius 3 is 2.55 bits per heavy atom. The van der Waals surface area contributed by atoms with Crippen molar-refractivity contribution in [3.05, 3.63) is 93.0 Å². The molecular weight excluding hydrogens is 797 g/mol. The van der Waals surface area contributed by atoms with Gasteiger partial charge in [-0.25, -0.2) is 4.98 Å². The van der Waals surface area contributed by atoms with Crippen LogP contribution in [0.5, 0.6) is 5.75 Å². The third-order valence-electron chi connectivity index (χ3n) is 5.45. The van der Waals surface area contributed by atoms with Gasteiger partial charge in [-0.15, -0.1) is 0 Å². The van der Waals surface area contributed by atoms with E-state index in [-0.39, 0.29) is 18.1 Å². The van der Waals surface area contributed by atoms with Crippen molar-refractivity contribution in [1.29, 1.82) is 0 Å². The van der Waals surface area contributed by atoms with Gasteiger partial charge in [-0.05, 0) is 112 Å². The molecule has 11 heteroatoms. The minimum Gasteiger partial charge on any atom is -0.482 e. The molecule has 1 amide bonds. The first-order valence-electron chi connectivity index (χ1n) is 11.7. The number of hydrogen-bond acceptors (Lipinski definition) is 5. The van der Waals surface area contributed by atoms with Gasteiger partial charge in [-0.1, -0.05) is 40.9 Å². The van der Waals surface area contributed by atoms with E-state index in [9.17, 15) is 9.59 Å². The van der Waals surface area contributed by atoms with Crippen LogP contribution in [0, 0.1) is 7.14 Å². The van der Waals surface area contributed by atoms with E-state index in [0.29, 0.717) is 39.6 Å². The summed E-state index contributed by atoms with van der Waals surface area (Å²) in [6.07, 6.45) is 4.17. The number of ether oxygens (including phenoxy) is 1. The highest BCUT2D eigenvalue weighted by molar-refractivity contribution is 14.1. The topological polar surface area (TPSA) is 85.6 Å². The molecule has 0 radical (unpaired) electrons. The Kier molecular flexibility index (Phi) is 10.2. The fourth-order valence-corrected chi connectivity index (χ4v) is 6.21. The number of nitrogens with one attached hydrogen (secondary N) is 1. The molecule has 1 aromatic heterocycles. The summed E-state index contributed by atoms with van der Waals surface area (Å²) in [5.41, 5.74) is 1.87. The average Bonchev–Trinajstić information content (AvgIpc) is 2.88. The van der Waals surface area contributed by atoms with Gasteiger partial charge in [0.05, 0.1) is 24.3 Å². The Morgan fingerprint density at radius 1 is 1.16 bits per heavy atom. The number of halogens is 4. The van der Waals surface area contributed by atoms with Gasteiger partial charge < -0.3 is 10.1 Å². The third kappa shape index (κ3) is 7.33. The number of aromatic nitrogens is 2. The number of hydrogen-bond donors (Lipinski definition) is 1. The van der Waals surface area contributed by atoms with Crippen LogP contribution in [-0.4, -0.2) is 28.4 Å². The van der Waals surface area contributed by atoms with Crippen LogP contribution in [-0.2, 0) is 11.2 Å². The molecule has 1 heterocycles. The highest BCUT2D eigenvalue weighted by Gasteiger charge is 2.13. The Balaban J connectivity index is 1.54. The first kappa shape index (κ1) is 29.0. The first-order valence-corrected chi connectivity index (χ1v) is 15.0. The van der Waals surface area contributed by atoms with E-state index in [0.717, 1.165) is 30.0 Å². The maximum Gasteiger partial charge on any atom is 0.282 e. The largest absolute Gasteiger partial charge is 0.482 e. The maximum atomic E-state index is 13.3. The Bertz CT molecular complexity index is 1550. The summed E-state index contributed by atoms with van der Waals surface area (Å²) in [5, 5.41) is 8.41. The summed E-state index contributed by atoms with van der Waals surface area (Å²) in [6.45, 7) is 1.95. The molecular formula is C27H22BrClI2N4O3. The average molecular weight is 820 g/mol. The van der Waals surface area contributed by atoms with Crippen molar-refractivity contribution in [1.82, 2.24) is 9.66 Å².